The van der Waals surface area contributed by atoms with Crippen LogP contribution in [0.25, 0.3) is 6.08 Å². The summed E-state index contributed by atoms with van der Waals surface area (Å²) >= 11 is 0. The summed E-state index contributed by atoms with van der Waals surface area (Å²) in [4.78, 5) is 31.1. The minimum absolute atomic E-state index is 0.000260. The van der Waals surface area contributed by atoms with Gasteiger partial charge in [0, 0.05) is 23.9 Å². The first-order chi connectivity index (χ1) is 21.8. The van der Waals surface area contributed by atoms with Crippen molar-refractivity contribution in [1.29, 1.82) is 0 Å². The number of ether oxygens (including phenoxy) is 1. The molecule has 2 aromatic rings. The van der Waals surface area contributed by atoms with Crippen LogP contribution in [0.3, 0.4) is 0 Å². The molecule has 3 atom stereocenters. The molecule has 246 valence electrons. The second-order valence-electron chi connectivity index (χ2n) is 15.1. The zero-order valence-electron chi connectivity index (χ0n) is 27.6. The Hall–Kier alpha value is -3.59. The largest absolute Gasteiger partial charge is 0.444 e. The number of allylic oxidation sites excluding steroid dienone is 1. The lowest BCUT2D eigenvalue weighted by molar-refractivity contribution is -0.135. The molecule has 46 heavy (non-hydrogen) atoms. The SMILES string of the molecule is CC(C)(C)OC(=O)N1CC(C)(C)C1C1CCN(CC(=O)N2N=C3/C(=C\c4ccc(F)cc4)CCCC3C2c2ccc(F)cc2)CC1. The van der Waals surface area contributed by atoms with Gasteiger partial charge >= 0.3 is 6.09 Å². The zero-order chi connectivity index (χ0) is 32.8. The minimum atomic E-state index is -0.537. The number of halogens is 2. The molecule has 1 aliphatic carbocycles. The number of likely N-dealkylation sites (tertiary alicyclic amines) is 2. The topological polar surface area (TPSA) is 65.5 Å². The van der Waals surface area contributed by atoms with Crippen molar-refractivity contribution >= 4 is 23.8 Å². The number of amides is 2. The molecule has 2 saturated heterocycles. The summed E-state index contributed by atoms with van der Waals surface area (Å²) in [6.45, 7) is 12.6. The number of rotatable bonds is 5. The first kappa shape index (κ1) is 32.4. The summed E-state index contributed by atoms with van der Waals surface area (Å²) in [5.74, 6) is -0.334. The van der Waals surface area contributed by atoms with E-state index in [1.165, 1.54) is 24.3 Å². The lowest BCUT2D eigenvalue weighted by Crippen LogP contribution is -2.68. The van der Waals surface area contributed by atoms with Gasteiger partial charge in [-0.25, -0.2) is 18.6 Å². The Morgan fingerprint density at radius 3 is 2.22 bits per heavy atom. The van der Waals surface area contributed by atoms with Gasteiger partial charge in [-0.05, 0) is 119 Å². The molecule has 1 saturated carbocycles. The molecule has 3 heterocycles. The fourth-order valence-electron chi connectivity index (χ4n) is 7.98. The summed E-state index contributed by atoms with van der Waals surface area (Å²) in [5, 5.41) is 6.61. The highest BCUT2D eigenvalue weighted by Crippen LogP contribution is 2.46. The van der Waals surface area contributed by atoms with Crippen molar-refractivity contribution in [3.05, 3.63) is 76.9 Å². The van der Waals surface area contributed by atoms with Gasteiger partial charge in [-0.15, -0.1) is 0 Å². The van der Waals surface area contributed by atoms with Crippen LogP contribution in [-0.4, -0.2) is 70.3 Å². The van der Waals surface area contributed by atoms with Crippen molar-refractivity contribution in [3.8, 4) is 0 Å². The third kappa shape index (κ3) is 6.75. The predicted octanol–water partition coefficient (Wildman–Crippen LogP) is 7.45. The Balaban J connectivity index is 1.17. The quantitative estimate of drug-likeness (QED) is 0.344. The standard InChI is InChI=1S/C37H46F2N4O3/c1-36(2,3)46-35(45)42-23-37(4,5)34(42)26-17-19-41(20-18-26)22-31(44)43-33(25-11-15-29(39)16-12-25)30-8-6-7-27(32(30)40-43)21-24-9-13-28(38)14-10-24/h9-16,21,26,30,33-34H,6-8,17-20,22-23H2,1-5H3/b27-21-. The van der Waals surface area contributed by atoms with Crippen molar-refractivity contribution in [2.45, 2.75) is 84.4 Å². The highest BCUT2D eigenvalue weighted by Gasteiger charge is 2.53. The van der Waals surface area contributed by atoms with Crippen molar-refractivity contribution in [1.82, 2.24) is 14.8 Å². The van der Waals surface area contributed by atoms with Gasteiger partial charge in [0.25, 0.3) is 5.91 Å². The van der Waals surface area contributed by atoms with Crippen LogP contribution in [0.2, 0.25) is 0 Å². The first-order valence-electron chi connectivity index (χ1n) is 16.6. The zero-order valence-corrected chi connectivity index (χ0v) is 27.6. The molecule has 4 aliphatic rings. The van der Waals surface area contributed by atoms with E-state index in [0.717, 1.165) is 67.6 Å². The van der Waals surface area contributed by atoms with Crippen LogP contribution in [0.4, 0.5) is 13.6 Å². The number of hydrazone groups is 1. The van der Waals surface area contributed by atoms with Crippen LogP contribution in [0.5, 0.6) is 0 Å². The second-order valence-corrected chi connectivity index (χ2v) is 15.1. The fraction of sp³-hybridized carbons (Fsp3) is 0.541. The van der Waals surface area contributed by atoms with Gasteiger partial charge in [-0.3, -0.25) is 9.69 Å². The first-order valence-corrected chi connectivity index (χ1v) is 16.6. The van der Waals surface area contributed by atoms with Crippen LogP contribution in [0, 0.1) is 28.9 Å². The van der Waals surface area contributed by atoms with Crippen LogP contribution in [0.1, 0.15) is 83.9 Å². The molecular formula is C37H46F2N4O3. The Bertz CT molecular complexity index is 1500. The number of carbonyl (C=O) groups excluding carboxylic acids is 2. The summed E-state index contributed by atoms with van der Waals surface area (Å²) in [6, 6.07) is 12.6. The van der Waals surface area contributed by atoms with Crippen molar-refractivity contribution in [3.63, 3.8) is 0 Å². The third-order valence-electron chi connectivity index (χ3n) is 9.96. The molecule has 0 bridgehead atoms. The monoisotopic (exact) mass is 632 g/mol. The molecule has 3 fully saturated rings. The lowest BCUT2D eigenvalue weighted by atomic mass is 9.67. The number of carbonyl (C=O) groups is 2. The van der Waals surface area contributed by atoms with E-state index in [4.69, 9.17) is 9.84 Å². The molecule has 3 aliphatic heterocycles. The van der Waals surface area contributed by atoms with Crippen LogP contribution >= 0.6 is 0 Å². The van der Waals surface area contributed by atoms with Gasteiger partial charge in [-0.1, -0.05) is 38.1 Å². The highest BCUT2D eigenvalue weighted by atomic mass is 19.1. The predicted molar refractivity (Wildman–Crippen MR) is 175 cm³/mol. The third-order valence-corrected chi connectivity index (χ3v) is 9.96. The van der Waals surface area contributed by atoms with Gasteiger partial charge in [0.15, 0.2) is 0 Å². The van der Waals surface area contributed by atoms with E-state index >= 15 is 0 Å². The Morgan fingerprint density at radius 2 is 1.61 bits per heavy atom. The van der Waals surface area contributed by atoms with Gasteiger partial charge in [0.05, 0.1) is 18.3 Å². The van der Waals surface area contributed by atoms with Gasteiger partial charge in [-0.2, -0.15) is 5.10 Å². The Kier molecular flexibility index (Phi) is 8.83. The molecular weight excluding hydrogens is 586 g/mol. The van der Waals surface area contributed by atoms with Crippen LogP contribution in [-0.2, 0) is 9.53 Å². The maximum atomic E-state index is 14.0. The average Bonchev–Trinajstić information content (AvgIpc) is 3.39. The van der Waals surface area contributed by atoms with Gasteiger partial charge in [0.2, 0.25) is 0 Å². The van der Waals surface area contributed by atoms with E-state index < -0.39 is 5.60 Å². The van der Waals surface area contributed by atoms with Crippen LogP contribution < -0.4 is 0 Å². The molecule has 7 nitrogen and oxygen atoms in total. The lowest BCUT2D eigenvalue weighted by Gasteiger charge is -2.58. The van der Waals surface area contributed by atoms with Crippen molar-refractivity contribution in [2.24, 2.45) is 22.4 Å². The van der Waals surface area contributed by atoms with E-state index in [9.17, 15) is 18.4 Å². The van der Waals surface area contributed by atoms with Gasteiger partial charge < -0.3 is 9.64 Å². The highest BCUT2D eigenvalue weighted by molar-refractivity contribution is 6.08. The molecule has 0 N–H and O–H groups in total. The smallest absolute Gasteiger partial charge is 0.410 e. The summed E-state index contributed by atoms with van der Waals surface area (Å²) in [6.07, 6.45) is 6.24. The van der Waals surface area contributed by atoms with E-state index in [1.807, 2.05) is 31.7 Å². The second kappa shape index (κ2) is 12.5. The molecule has 3 unspecified atom stereocenters. The maximum absolute atomic E-state index is 14.0. The summed E-state index contributed by atoms with van der Waals surface area (Å²) in [7, 11) is 0. The normalized spacial score (nSPS) is 26.0. The van der Waals surface area contributed by atoms with Crippen LogP contribution in [0.15, 0.2) is 59.2 Å². The number of piperidine rings is 1. The number of hydrogen-bond donors (Lipinski definition) is 0. The molecule has 0 aromatic heterocycles. The van der Waals surface area contributed by atoms with Gasteiger partial charge in [0.1, 0.15) is 17.2 Å². The maximum Gasteiger partial charge on any atom is 0.410 e. The molecule has 2 aromatic carbocycles. The average molecular weight is 633 g/mol. The number of fused-ring (bicyclic) bond motifs is 1. The molecule has 2 amide bonds. The number of benzene rings is 2. The Labute approximate surface area is 271 Å². The molecule has 0 spiro atoms. The number of nitrogens with zero attached hydrogens (tertiary/aromatic N) is 4. The molecule has 6 rings (SSSR count). The van der Waals surface area contributed by atoms with E-state index in [0.29, 0.717) is 12.5 Å². The minimum Gasteiger partial charge on any atom is -0.444 e. The Morgan fingerprint density at radius 1 is 0.978 bits per heavy atom. The number of hydrogen-bond acceptors (Lipinski definition) is 5. The fourth-order valence-corrected chi connectivity index (χ4v) is 7.98. The van der Waals surface area contributed by atoms with Crippen molar-refractivity contribution < 1.29 is 23.1 Å². The molecule has 0 radical (unpaired) electrons. The van der Waals surface area contributed by atoms with Crippen molar-refractivity contribution in [2.75, 3.05) is 26.2 Å². The summed E-state index contributed by atoms with van der Waals surface area (Å²) < 4.78 is 33.2. The van der Waals surface area contributed by atoms with E-state index in [2.05, 4.69) is 18.7 Å². The molecule has 9 heteroatoms. The van der Waals surface area contributed by atoms with E-state index in [-0.39, 0.29) is 53.6 Å². The van der Waals surface area contributed by atoms with E-state index in [1.54, 1.807) is 29.3 Å². The summed E-state index contributed by atoms with van der Waals surface area (Å²) in [5.41, 5.74) is 3.20.